The highest BCUT2D eigenvalue weighted by Gasteiger charge is 2.28. The first-order valence-electron chi connectivity index (χ1n) is 9.98. The number of hydrogen-bond acceptors (Lipinski definition) is 5. The Labute approximate surface area is 178 Å². The number of thioether (sulfide) groups is 1. The van der Waals surface area contributed by atoms with Gasteiger partial charge in [0.05, 0.1) is 22.7 Å². The molecule has 7 heteroatoms. The first-order valence-corrected chi connectivity index (χ1v) is 11.0. The molecular formula is C23H23N3O3S. The summed E-state index contributed by atoms with van der Waals surface area (Å²) in [7, 11) is 0. The number of ketones is 1. The molecular weight excluding hydrogens is 398 g/mol. The normalized spacial score (nSPS) is 14.5. The molecule has 1 aromatic heterocycles. The summed E-state index contributed by atoms with van der Waals surface area (Å²) in [5, 5.41) is 4.05. The van der Waals surface area contributed by atoms with E-state index in [1.54, 1.807) is 22.8 Å². The number of carbonyl (C=O) groups excluding carboxylic acids is 2. The summed E-state index contributed by atoms with van der Waals surface area (Å²) in [5.41, 5.74) is 2.16. The van der Waals surface area contributed by atoms with E-state index >= 15 is 0 Å². The van der Waals surface area contributed by atoms with Crippen molar-refractivity contribution in [1.82, 2.24) is 14.9 Å². The van der Waals surface area contributed by atoms with E-state index in [0.29, 0.717) is 21.6 Å². The molecule has 0 bridgehead atoms. The molecule has 30 heavy (non-hydrogen) atoms. The molecule has 0 spiro atoms. The lowest BCUT2D eigenvalue weighted by Crippen LogP contribution is -2.23. The van der Waals surface area contributed by atoms with Gasteiger partial charge in [-0.1, -0.05) is 48.2 Å². The highest BCUT2D eigenvalue weighted by molar-refractivity contribution is 7.99. The van der Waals surface area contributed by atoms with Crippen molar-refractivity contribution in [3.63, 3.8) is 0 Å². The Bertz CT molecular complexity index is 1170. The molecule has 1 atom stereocenters. The number of nitrogens with zero attached hydrogens (tertiary/aromatic N) is 2. The number of hydrogen-bond donors (Lipinski definition) is 1. The summed E-state index contributed by atoms with van der Waals surface area (Å²) in [4.78, 5) is 41.5. The van der Waals surface area contributed by atoms with E-state index in [2.05, 4.69) is 10.3 Å². The van der Waals surface area contributed by atoms with Crippen molar-refractivity contribution in [3.05, 3.63) is 70.0 Å². The molecule has 1 aliphatic rings. The number of rotatable bonds is 7. The first kappa shape index (κ1) is 20.3. The van der Waals surface area contributed by atoms with Gasteiger partial charge >= 0.3 is 0 Å². The fourth-order valence-electron chi connectivity index (χ4n) is 3.44. The van der Waals surface area contributed by atoms with Crippen molar-refractivity contribution in [3.8, 4) is 0 Å². The van der Waals surface area contributed by atoms with Gasteiger partial charge in [-0.2, -0.15) is 0 Å². The van der Waals surface area contributed by atoms with E-state index in [9.17, 15) is 14.4 Å². The lowest BCUT2D eigenvalue weighted by atomic mass is 10.0. The fourth-order valence-corrected chi connectivity index (χ4v) is 4.40. The number of nitrogens with one attached hydrogen (secondary N) is 1. The predicted molar refractivity (Wildman–Crippen MR) is 118 cm³/mol. The Morgan fingerprint density at radius 2 is 1.87 bits per heavy atom. The highest BCUT2D eigenvalue weighted by Crippen LogP contribution is 2.37. The summed E-state index contributed by atoms with van der Waals surface area (Å²) in [6.07, 6.45) is 1.94. The summed E-state index contributed by atoms with van der Waals surface area (Å²) >= 11 is 1.31. The Hall–Kier alpha value is -2.93. The van der Waals surface area contributed by atoms with E-state index < -0.39 is 0 Å². The molecule has 0 unspecified atom stereocenters. The van der Waals surface area contributed by atoms with Gasteiger partial charge < -0.3 is 5.32 Å². The Morgan fingerprint density at radius 1 is 1.17 bits per heavy atom. The van der Waals surface area contributed by atoms with Crippen molar-refractivity contribution in [1.29, 1.82) is 0 Å². The zero-order chi connectivity index (χ0) is 21.3. The van der Waals surface area contributed by atoms with Gasteiger partial charge in [0.1, 0.15) is 0 Å². The lowest BCUT2D eigenvalue weighted by molar-refractivity contribution is -0.119. The Morgan fingerprint density at radius 3 is 2.53 bits per heavy atom. The van der Waals surface area contributed by atoms with Gasteiger partial charge in [-0.15, -0.1) is 0 Å². The second-order valence-electron chi connectivity index (χ2n) is 7.57. The monoisotopic (exact) mass is 421 g/mol. The molecule has 1 amide bonds. The molecule has 1 saturated carbocycles. The third kappa shape index (κ3) is 4.31. The van der Waals surface area contributed by atoms with Gasteiger partial charge in [0.25, 0.3) is 5.56 Å². The van der Waals surface area contributed by atoms with E-state index in [0.717, 1.165) is 18.4 Å². The van der Waals surface area contributed by atoms with Crippen LogP contribution in [0.4, 0.5) is 0 Å². The maximum atomic E-state index is 12.9. The molecule has 2 aromatic carbocycles. The first-order chi connectivity index (χ1) is 14.4. The number of aromatic nitrogens is 2. The molecule has 4 rings (SSSR count). The summed E-state index contributed by atoms with van der Waals surface area (Å²) in [5.74, 6) is 0.0880. The molecule has 1 aliphatic carbocycles. The second-order valence-corrected chi connectivity index (χ2v) is 8.52. The molecule has 1 N–H and O–H groups in total. The standard InChI is InChI=1S/C23H23N3O3S/c1-14(24-15(2)27)16-7-9-17(10-8-16)21(28)13-30-23-25-20-6-4-3-5-19(20)22(29)26(23)18-11-12-18/h3-10,14,18H,11-13H2,1-2H3,(H,24,27)/t14-/m0/s1. The number of benzene rings is 2. The molecule has 154 valence electrons. The van der Waals surface area contributed by atoms with Gasteiger partial charge in [-0.25, -0.2) is 4.98 Å². The summed E-state index contributed by atoms with van der Waals surface area (Å²) in [6, 6.07) is 14.7. The average molecular weight is 422 g/mol. The van der Waals surface area contributed by atoms with Crippen LogP contribution in [0.3, 0.4) is 0 Å². The van der Waals surface area contributed by atoms with Crippen molar-refractivity contribution < 1.29 is 9.59 Å². The third-order valence-electron chi connectivity index (χ3n) is 5.17. The van der Waals surface area contributed by atoms with Gasteiger partial charge in [-0.05, 0) is 37.5 Å². The number of para-hydroxylation sites is 1. The lowest BCUT2D eigenvalue weighted by Gasteiger charge is -2.13. The van der Waals surface area contributed by atoms with Crippen LogP contribution in [0.1, 0.15) is 54.7 Å². The maximum Gasteiger partial charge on any atom is 0.262 e. The zero-order valence-corrected chi connectivity index (χ0v) is 17.7. The van der Waals surface area contributed by atoms with Crippen LogP contribution in [0.2, 0.25) is 0 Å². The number of carbonyl (C=O) groups is 2. The van der Waals surface area contributed by atoms with Crippen molar-refractivity contribution in [2.75, 3.05) is 5.75 Å². The Kier molecular flexibility index (Phi) is 5.72. The van der Waals surface area contributed by atoms with Crippen molar-refractivity contribution >= 4 is 34.4 Å². The van der Waals surface area contributed by atoms with Crippen LogP contribution < -0.4 is 10.9 Å². The Balaban J connectivity index is 1.51. The number of amides is 1. The molecule has 0 aliphatic heterocycles. The van der Waals surface area contributed by atoms with E-state index in [4.69, 9.17) is 0 Å². The van der Waals surface area contributed by atoms with Gasteiger partial charge in [-0.3, -0.25) is 19.0 Å². The van der Waals surface area contributed by atoms with Gasteiger partial charge in [0, 0.05) is 18.5 Å². The SMILES string of the molecule is CC(=O)N[C@@H](C)c1ccc(C(=O)CSc2nc3ccccc3c(=O)n2C2CC2)cc1. The molecule has 3 aromatic rings. The average Bonchev–Trinajstić information content (AvgIpc) is 3.56. The minimum atomic E-state index is -0.115. The second kappa shape index (κ2) is 8.44. The van der Waals surface area contributed by atoms with Crippen LogP contribution in [-0.2, 0) is 4.79 Å². The van der Waals surface area contributed by atoms with Crippen LogP contribution in [0.5, 0.6) is 0 Å². The molecule has 1 heterocycles. The van der Waals surface area contributed by atoms with Crippen LogP contribution in [0.25, 0.3) is 10.9 Å². The van der Waals surface area contributed by atoms with Crippen LogP contribution in [0.15, 0.2) is 58.5 Å². The zero-order valence-electron chi connectivity index (χ0n) is 16.9. The molecule has 6 nitrogen and oxygen atoms in total. The molecule has 1 fully saturated rings. The summed E-state index contributed by atoms with van der Waals surface area (Å²) < 4.78 is 1.75. The number of Topliss-reactive ketones (excluding diaryl/α,β-unsaturated/α-hetero) is 1. The van der Waals surface area contributed by atoms with E-state index in [-0.39, 0.29) is 35.1 Å². The van der Waals surface area contributed by atoms with E-state index in [1.807, 2.05) is 37.3 Å². The third-order valence-corrected chi connectivity index (χ3v) is 6.12. The van der Waals surface area contributed by atoms with E-state index in [1.165, 1.54) is 18.7 Å². The fraction of sp³-hybridized carbons (Fsp3) is 0.304. The molecule has 0 saturated heterocycles. The largest absolute Gasteiger partial charge is 0.350 e. The van der Waals surface area contributed by atoms with Crippen molar-refractivity contribution in [2.24, 2.45) is 0 Å². The van der Waals surface area contributed by atoms with Gasteiger partial charge in [0.2, 0.25) is 5.91 Å². The highest BCUT2D eigenvalue weighted by atomic mass is 32.2. The minimum absolute atomic E-state index is 0.0246. The smallest absolute Gasteiger partial charge is 0.262 e. The minimum Gasteiger partial charge on any atom is -0.350 e. The molecule has 0 radical (unpaired) electrons. The number of fused-ring (bicyclic) bond motifs is 1. The van der Waals surface area contributed by atoms with Crippen LogP contribution in [-0.4, -0.2) is 27.0 Å². The predicted octanol–water partition coefficient (Wildman–Crippen LogP) is 3.90. The van der Waals surface area contributed by atoms with Crippen LogP contribution >= 0.6 is 11.8 Å². The van der Waals surface area contributed by atoms with Crippen molar-refractivity contribution in [2.45, 2.75) is 43.9 Å². The van der Waals surface area contributed by atoms with Gasteiger partial charge in [0.15, 0.2) is 10.9 Å². The maximum absolute atomic E-state index is 12.9. The quantitative estimate of drug-likeness (QED) is 0.355. The topological polar surface area (TPSA) is 81.1 Å². The summed E-state index contributed by atoms with van der Waals surface area (Å²) in [6.45, 7) is 3.38. The van der Waals surface area contributed by atoms with Crippen LogP contribution in [0, 0.1) is 0 Å².